The van der Waals surface area contributed by atoms with Gasteiger partial charge in [-0.15, -0.1) is 0 Å². The Bertz CT molecular complexity index is 965. The number of rotatable bonds is 11. The van der Waals surface area contributed by atoms with Crippen LogP contribution in [0, 0.1) is 0 Å². The van der Waals surface area contributed by atoms with Crippen molar-refractivity contribution < 1.29 is 23.1 Å². The number of pyridine rings is 1. The van der Waals surface area contributed by atoms with Gasteiger partial charge in [0.25, 0.3) is 21.8 Å². The number of amides is 2. The minimum atomic E-state index is -4.12. The number of aromatic nitrogens is 1. The van der Waals surface area contributed by atoms with E-state index in [0.717, 1.165) is 25.7 Å². The lowest BCUT2D eigenvalue weighted by molar-refractivity contribution is 0.0750. The first-order chi connectivity index (χ1) is 14.8. The van der Waals surface area contributed by atoms with Crippen molar-refractivity contribution in [1.82, 2.24) is 14.6 Å². The SMILES string of the molecule is CCCCN(CCCC)C(=O)c1ccc(S(=O)(=O)NC(=O)c2ccc(CO)nc2)cc1. The minimum Gasteiger partial charge on any atom is -0.390 e. The third kappa shape index (κ3) is 6.86. The van der Waals surface area contributed by atoms with E-state index in [2.05, 4.69) is 18.8 Å². The van der Waals surface area contributed by atoms with Crippen LogP contribution in [0.2, 0.25) is 0 Å². The van der Waals surface area contributed by atoms with Crippen LogP contribution in [0.5, 0.6) is 0 Å². The molecule has 0 atom stereocenters. The number of carbonyl (C=O) groups excluding carboxylic acids is 2. The van der Waals surface area contributed by atoms with Crippen molar-refractivity contribution in [3.8, 4) is 0 Å². The zero-order valence-corrected chi connectivity index (χ0v) is 18.7. The molecule has 0 bridgehead atoms. The number of hydrogen-bond donors (Lipinski definition) is 2. The van der Waals surface area contributed by atoms with E-state index < -0.39 is 15.9 Å². The molecule has 0 saturated carbocycles. The van der Waals surface area contributed by atoms with Crippen LogP contribution in [0.1, 0.15) is 65.9 Å². The van der Waals surface area contributed by atoms with Gasteiger partial charge in [0.1, 0.15) is 0 Å². The topological polar surface area (TPSA) is 117 Å². The van der Waals surface area contributed by atoms with E-state index >= 15 is 0 Å². The van der Waals surface area contributed by atoms with Gasteiger partial charge in [0.15, 0.2) is 0 Å². The number of nitrogens with zero attached hydrogens (tertiary/aromatic N) is 2. The number of aliphatic hydroxyl groups excluding tert-OH is 1. The monoisotopic (exact) mass is 447 g/mol. The Labute approximate surface area is 183 Å². The zero-order valence-electron chi connectivity index (χ0n) is 17.9. The highest BCUT2D eigenvalue weighted by Gasteiger charge is 2.21. The lowest BCUT2D eigenvalue weighted by atomic mass is 10.1. The molecular weight excluding hydrogens is 418 g/mol. The normalized spacial score (nSPS) is 11.2. The summed E-state index contributed by atoms with van der Waals surface area (Å²) in [5, 5.41) is 9.00. The van der Waals surface area contributed by atoms with Crippen LogP contribution in [0.4, 0.5) is 0 Å². The van der Waals surface area contributed by atoms with Crippen molar-refractivity contribution in [3.05, 3.63) is 59.4 Å². The van der Waals surface area contributed by atoms with Crippen molar-refractivity contribution in [2.75, 3.05) is 13.1 Å². The molecule has 31 heavy (non-hydrogen) atoms. The van der Waals surface area contributed by atoms with Gasteiger partial charge in [-0.25, -0.2) is 13.1 Å². The molecule has 0 aliphatic heterocycles. The number of carbonyl (C=O) groups is 2. The van der Waals surface area contributed by atoms with Crippen LogP contribution in [0.3, 0.4) is 0 Å². The Balaban J connectivity index is 2.12. The summed E-state index contributed by atoms with van der Waals surface area (Å²) in [7, 11) is -4.12. The van der Waals surface area contributed by atoms with Crippen LogP contribution in [-0.4, -0.2) is 48.3 Å². The minimum absolute atomic E-state index is 0.0510. The molecule has 1 aromatic heterocycles. The first-order valence-electron chi connectivity index (χ1n) is 10.3. The van der Waals surface area contributed by atoms with Crippen LogP contribution < -0.4 is 4.72 Å². The van der Waals surface area contributed by atoms with Gasteiger partial charge in [0.05, 0.1) is 22.8 Å². The summed E-state index contributed by atoms with van der Waals surface area (Å²) in [6.07, 6.45) is 4.96. The maximum absolute atomic E-state index is 12.8. The van der Waals surface area contributed by atoms with Crippen LogP contribution in [0.25, 0.3) is 0 Å². The second-order valence-corrected chi connectivity index (χ2v) is 8.84. The molecule has 0 spiro atoms. The third-order valence-corrected chi connectivity index (χ3v) is 6.08. The Hall–Kier alpha value is -2.78. The summed E-state index contributed by atoms with van der Waals surface area (Å²) in [6, 6.07) is 8.37. The summed E-state index contributed by atoms with van der Waals surface area (Å²) in [6.45, 7) is 5.17. The maximum Gasteiger partial charge on any atom is 0.266 e. The van der Waals surface area contributed by atoms with Crippen molar-refractivity contribution in [2.24, 2.45) is 0 Å². The lowest BCUT2D eigenvalue weighted by Crippen LogP contribution is -2.33. The smallest absolute Gasteiger partial charge is 0.266 e. The molecule has 2 amide bonds. The van der Waals surface area contributed by atoms with Gasteiger partial charge in [0, 0.05) is 24.8 Å². The van der Waals surface area contributed by atoms with Crippen molar-refractivity contribution in [3.63, 3.8) is 0 Å². The summed E-state index contributed by atoms with van der Waals surface area (Å²) < 4.78 is 27.1. The molecule has 8 nitrogen and oxygen atoms in total. The standard InChI is InChI=1S/C22H29N3O5S/c1-3-5-13-25(14-6-4-2)22(28)17-8-11-20(12-9-17)31(29,30)24-21(27)18-7-10-19(16-26)23-15-18/h7-12,15,26H,3-6,13-14,16H2,1-2H3,(H,24,27). The predicted molar refractivity (Wildman–Crippen MR) is 117 cm³/mol. The molecule has 2 aromatic rings. The number of hydrogen-bond acceptors (Lipinski definition) is 6. The van der Waals surface area contributed by atoms with E-state index in [1.807, 2.05) is 4.72 Å². The number of nitrogens with one attached hydrogen (secondary N) is 1. The first-order valence-corrected chi connectivity index (χ1v) is 11.8. The highest BCUT2D eigenvalue weighted by molar-refractivity contribution is 7.90. The Morgan fingerprint density at radius 3 is 2.03 bits per heavy atom. The molecule has 0 aliphatic rings. The number of sulfonamides is 1. The van der Waals surface area contributed by atoms with E-state index in [4.69, 9.17) is 5.11 Å². The molecule has 0 saturated heterocycles. The van der Waals surface area contributed by atoms with E-state index in [1.54, 1.807) is 4.90 Å². The number of aliphatic hydroxyl groups is 1. The molecule has 168 valence electrons. The third-order valence-electron chi connectivity index (χ3n) is 4.74. The average Bonchev–Trinajstić information content (AvgIpc) is 2.78. The van der Waals surface area contributed by atoms with Gasteiger partial charge in [-0.3, -0.25) is 14.6 Å². The maximum atomic E-state index is 12.8. The van der Waals surface area contributed by atoms with Crippen LogP contribution in [0.15, 0.2) is 47.5 Å². The Morgan fingerprint density at radius 2 is 1.55 bits per heavy atom. The molecule has 9 heteroatoms. The second kappa shape index (κ2) is 11.6. The highest BCUT2D eigenvalue weighted by atomic mass is 32.2. The molecule has 2 rings (SSSR count). The fraction of sp³-hybridized carbons (Fsp3) is 0.409. The van der Waals surface area contributed by atoms with E-state index in [0.29, 0.717) is 24.3 Å². The molecule has 0 fully saturated rings. The Kier molecular flexibility index (Phi) is 9.14. The zero-order chi connectivity index (χ0) is 22.9. The molecule has 2 N–H and O–H groups in total. The van der Waals surface area contributed by atoms with Gasteiger partial charge in [-0.05, 0) is 49.2 Å². The fourth-order valence-electron chi connectivity index (χ4n) is 2.86. The van der Waals surface area contributed by atoms with Gasteiger partial charge in [0.2, 0.25) is 0 Å². The van der Waals surface area contributed by atoms with Crippen molar-refractivity contribution in [1.29, 1.82) is 0 Å². The molecule has 0 unspecified atom stereocenters. The highest BCUT2D eigenvalue weighted by Crippen LogP contribution is 2.14. The fourth-order valence-corrected chi connectivity index (χ4v) is 3.84. The summed E-state index contributed by atoms with van der Waals surface area (Å²) in [5.41, 5.74) is 0.822. The van der Waals surface area contributed by atoms with Crippen molar-refractivity contribution in [2.45, 2.75) is 51.0 Å². The van der Waals surface area contributed by atoms with Gasteiger partial charge in [-0.2, -0.15) is 0 Å². The van der Waals surface area contributed by atoms with Gasteiger partial charge >= 0.3 is 0 Å². The van der Waals surface area contributed by atoms with E-state index in [-0.39, 0.29) is 23.0 Å². The van der Waals surface area contributed by atoms with E-state index in [1.165, 1.54) is 42.6 Å². The molecular formula is C22H29N3O5S. The first kappa shape index (κ1) is 24.5. The van der Waals surface area contributed by atoms with E-state index in [9.17, 15) is 18.0 Å². The van der Waals surface area contributed by atoms with Crippen molar-refractivity contribution >= 4 is 21.8 Å². The van der Waals surface area contributed by atoms with Gasteiger partial charge < -0.3 is 10.0 Å². The molecule has 0 radical (unpaired) electrons. The van der Waals surface area contributed by atoms with Gasteiger partial charge in [-0.1, -0.05) is 26.7 Å². The lowest BCUT2D eigenvalue weighted by Gasteiger charge is -2.22. The summed E-state index contributed by atoms with van der Waals surface area (Å²) in [4.78, 5) is 30.6. The summed E-state index contributed by atoms with van der Waals surface area (Å²) in [5.74, 6) is -0.965. The average molecular weight is 448 g/mol. The number of unbranched alkanes of at least 4 members (excludes halogenated alkanes) is 2. The molecule has 1 aromatic carbocycles. The number of benzene rings is 1. The van der Waals surface area contributed by atoms with Crippen LogP contribution in [-0.2, 0) is 16.6 Å². The quantitative estimate of drug-likeness (QED) is 0.547. The van der Waals surface area contributed by atoms with Crippen LogP contribution >= 0.6 is 0 Å². The largest absolute Gasteiger partial charge is 0.390 e. The second-order valence-electron chi connectivity index (χ2n) is 7.15. The summed E-state index contributed by atoms with van der Waals surface area (Å²) >= 11 is 0. The Morgan fingerprint density at radius 1 is 0.968 bits per heavy atom. The predicted octanol–water partition coefficient (Wildman–Crippen LogP) is 2.74. The molecule has 0 aliphatic carbocycles. The molecule has 1 heterocycles.